The molecule has 1 aliphatic heterocycles. The maximum absolute atomic E-state index is 4.26. The SMILES string of the molecule is C=C(CC(C)SS)N1C[C@H](C)NCC[C@@H]1C. The highest BCUT2D eigenvalue weighted by Crippen LogP contribution is 2.24. The second-order valence-corrected chi connectivity index (χ2v) is 6.48. The molecule has 1 unspecified atom stereocenters. The van der Waals surface area contributed by atoms with E-state index in [-0.39, 0.29) is 0 Å². The van der Waals surface area contributed by atoms with Crippen molar-refractivity contribution in [3.8, 4) is 0 Å². The van der Waals surface area contributed by atoms with E-state index < -0.39 is 0 Å². The minimum absolute atomic E-state index is 0.537. The summed E-state index contributed by atoms with van der Waals surface area (Å²) in [5.74, 6) is 0. The fraction of sp³-hybridized carbons (Fsp3) is 0.833. The second kappa shape index (κ2) is 6.82. The first-order valence-electron chi connectivity index (χ1n) is 6.02. The third kappa shape index (κ3) is 4.22. The highest BCUT2D eigenvalue weighted by Gasteiger charge is 2.22. The standard InChI is InChI=1S/C12H24N2S2/c1-9-8-14(10(2)5-6-13-9)11(3)7-12(4)16-15/h9-10,12-13,15H,3,5-8H2,1-2,4H3/t9-,10-,12?/m0/s1. The van der Waals surface area contributed by atoms with E-state index >= 15 is 0 Å². The van der Waals surface area contributed by atoms with Gasteiger partial charge in [-0.15, -0.1) is 11.7 Å². The summed E-state index contributed by atoms with van der Waals surface area (Å²) in [6, 6.07) is 1.16. The average molecular weight is 260 g/mol. The Morgan fingerprint density at radius 3 is 2.94 bits per heavy atom. The lowest BCUT2D eigenvalue weighted by Crippen LogP contribution is -2.38. The fourth-order valence-corrected chi connectivity index (χ4v) is 2.65. The van der Waals surface area contributed by atoms with E-state index in [1.165, 1.54) is 12.1 Å². The van der Waals surface area contributed by atoms with Gasteiger partial charge in [0.15, 0.2) is 0 Å². The summed E-state index contributed by atoms with van der Waals surface area (Å²) in [5, 5.41) is 4.06. The number of nitrogens with zero attached hydrogens (tertiary/aromatic N) is 1. The number of allylic oxidation sites excluding steroid dienone is 1. The number of hydrogen-bond donors (Lipinski definition) is 2. The normalized spacial score (nSPS) is 28.6. The molecule has 94 valence electrons. The lowest BCUT2D eigenvalue weighted by atomic mass is 10.1. The average Bonchev–Trinajstić information content (AvgIpc) is 2.40. The van der Waals surface area contributed by atoms with Crippen LogP contribution in [0.2, 0.25) is 0 Å². The summed E-state index contributed by atoms with van der Waals surface area (Å²) in [7, 11) is 1.62. The largest absolute Gasteiger partial charge is 0.371 e. The molecular formula is C12H24N2S2. The topological polar surface area (TPSA) is 15.3 Å². The molecule has 0 radical (unpaired) electrons. The van der Waals surface area contributed by atoms with Gasteiger partial charge in [0.25, 0.3) is 0 Å². The van der Waals surface area contributed by atoms with Crippen molar-refractivity contribution < 1.29 is 0 Å². The molecule has 1 fully saturated rings. The van der Waals surface area contributed by atoms with Crippen LogP contribution in [0.15, 0.2) is 12.3 Å². The molecule has 0 spiro atoms. The van der Waals surface area contributed by atoms with Crippen molar-refractivity contribution in [3.63, 3.8) is 0 Å². The molecule has 3 atom stereocenters. The molecule has 0 amide bonds. The van der Waals surface area contributed by atoms with E-state index in [2.05, 4.69) is 49.2 Å². The molecule has 1 N–H and O–H groups in total. The van der Waals surface area contributed by atoms with Gasteiger partial charge in [-0.25, -0.2) is 0 Å². The van der Waals surface area contributed by atoms with E-state index in [0.29, 0.717) is 17.3 Å². The van der Waals surface area contributed by atoms with Crippen LogP contribution in [0.5, 0.6) is 0 Å². The number of thiol groups is 1. The highest BCUT2D eigenvalue weighted by molar-refractivity contribution is 8.68. The van der Waals surface area contributed by atoms with Crippen LogP contribution in [0.1, 0.15) is 33.6 Å². The third-order valence-electron chi connectivity index (χ3n) is 3.17. The van der Waals surface area contributed by atoms with Gasteiger partial charge in [-0.2, -0.15) is 0 Å². The van der Waals surface area contributed by atoms with E-state index in [1.807, 2.05) is 0 Å². The molecule has 1 rings (SSSR count). The van der Waals surface area contributed by atoms with Gasteiger partial charge in [0, 0.05) is 29.6 Å². The van der Waals surface area contributed by atoms with Crippen molar-refractivity contribution in [1.29, 1.82) is 0 Å². The fourth-order valence-electron chi connectivity index (χ4n) is 2.16. The Balaban J connectivity index is 2.57. The maximum atomic E-state index is 4.26. The lowest BCUT2D eigenvalue weighted by Gasteiger charge is -2.33. The van der Waals surface area contributed by atoms with Gasteiger partial charge in [-0.05, 0) is 33.2 Å². The molecule has 0 aromatic carbocycles. The Hall–Kier alpha value is 0.200. The molecule has 2 nitrogen and oxygen atoms in total. The number of hydrogen-bond acceptors (Lipinski definition) is 4. The predicted octanol–water partition coefficient (Wildman–Crippen LogP) is 2.93. The predicted molar refractivity (Wildman–Crippen MR) is 78.0 cm³/mol. The zero-order chi connectivity index (χ0) is 12.1. The van der Waals surface area contributed by atoms with E-state index in [4.69, 9.17) is 0 Å². The van der Waals surface area contributed by atoms with Crippen LogP contribution in [-0.4, -0.2) is 35.3 Å². The van der Waals surface area contributed by atoms with Crippen LogP contribution in [0, 0.1) is 0 Å². The Morgan fingerprint density at radius 2 is 2.31 bits per heavy atom. The first-order valence-corrected chi connectivity index (χ1v) is 7.95. The Kier molecular flexibility index (Phi) is 6.08. The molecule has 1 aliphatic rings. The Labute approximate surface area is 109 Å². The van der Waals surface area contributed by atoms with Crippen molar-refractivity contribution in [3.05, 3.63) is 12.3 Å². The monoisotopic (exact) mass is 260 g/mol. The molecule has 0 aromatic heterocycles. The van der Waals surface area contributed by atoms with Crippen LogP contribution < -0.4 is 5.32 Å². The smallest absolute Gasteiger partial charge is 0.0329 e. The molecule has 0 aliphatic carbocycles. The zero-order valence-corrected chi connectivity index (χ0v) is 12.3. The number of rotatable bonds is 4. The summed E-state index contributed by atoms with van der Waals surface area (Å²) < 4.78 is 0. The first kappa shape index (κ1) is 14.3. The van der Waals surface area contributed by atoms with Crippen LogP contribution in [0.4, 0.5) is 0 Å². The van der Waals surface area contributed by atoms with Crippen molar-refractivity contribution in [2.24, 2.45) is 0 Å². The summed E-state index contributed by atoms with van der Waals surface area (Å²) in [6.07, 6.45) is 2.23. The van der Waals surface area contributed by atoms with Crippen molar-refractivity contribution in [1.82, 2.24) is 10.2 Å². The molecule has 0 bridgehead atoms. The summed E-state index contributed by atoms with van der Waals surface area (Å²) in [5.41, 5.74) is 1.26. The number of nitrogens with one attached hydrogen (secondary N) is 1. The Morgan fingerprint density at radius 1 is 1.62 bits per heavy atom. The van der Waals surface area contributed by atoms with Gasteiger partial charge in [-0.1, -0.05) is 24.3 Å². The zero-order valence-electron chi connectivity index (χ0n) is 10.6. The second-order valence-electron chi connectivity index (χ2n) is 4.83. The van der Waals surface area contributed by atoms with Gasteiger partial charge in [0.2, 0.25) is 0 Å². The summed E-state index contributed by atoms with van der Waals surface area (Å²) >= 11 is 4.26. The maximum Gasteiger partial charge on any atom is 0.0329 e. The molecule has 1 saturated heterocycles. The first-order chi connectivity index (χ1) is 7.54. The van der Waals surface area contributed by atoms with Gasteiger partial charge in [0.1, 0.15) is 0 Å². The molecule has 16 heavy (non-hydrogen) atoms. The molecular weight excluding hydrogens is 236 g/mol. The molecule has 4 heteroatoms. The molecule has 1 heterocycles. The molecule has 0 saturated carbocycles. The van der Waals surface area contributed by atoms with Gasteiger partial charge in [0.05, 0.1) is 0 Å². The third-order valence-corrected chi connectivity index (χ3v) is 4.77. The van der Waals surface area contributed by atoms with Crippen LogP contribution in [-0.2, 0) is 0 Å². The molecule has 0 aromatic rings. The van der Waals surface area contributed by atoms with Gasteiger partial charge >= 0.3 is 0 Å². The van der Waals surface area contributed by atoms with Crippen molar-refractivity contribution >= 4 is 22.5 Å². The minimum atomic E-state index is 0.537. The van der Waals surface area contributed by atoms with Crippen LogP contribution in [0.25, 0.3) is 0 Å². The van der Waals surface area contributed by atoms with E-state index in [1.54, 1.807) is 10.8 Å². The van der Waals surface area contributed by atoms with Gasteiger partial charge < -0.3 is 10.2 Å². The summed E-state index contributed by atoms with van der Waals surface area (Å²) in [6.45, 7) is 13.2. The quantitative estimate of drug-likeness (QED) is 0.597. The van der Waals surface area contributed by atoms with Crippen molar-refractivity contribution in [2.45, 2.75) is 50.9 Å². The highest BCUT2D eigenvalue weighted by atomic mass is 33.1. The minimum Gasteiger partial charge on any atom is -0.371 e. The van der Waals surface area contributed by atoms with E-state index in [9.17, 15) is 0 Å². The lowest BCUT2D eigenvalue weighted by molar-refractivity contribution is 0.258. The van der Waals surface area contributed by atoms with Gasteiger partial charge in [-0.3, -0.25) is 0 Å². The Bertz CT molecular complexity index is 233. The van der Waals surface area contributed by atoms with Crippen LogP contribution >= 0.6 is 22.5 Å². The van der Waals surface area contributed by atoms with Crippen LogP contribution in [0.3, 0.4) is 0 Å². The van der Waals surface area contributed by atoms with E-state index in [0.717, 1.165) is 19.5 Å². The summed E-state index contributed by atoms with van der Waals surface area (Å²) in [4.78, 5) is 2.46. The van der Waals surface area contributed by atoms with Crippen molar-refractivity contribution in [2.75, 3.05) is 13.1 Å².